The first-order valence-electron chi connectivity index (χ1n) is 6.12. The van der Waals surface area contributed by atoms with Crippen LogP contribution in [0.1, 0.15) is 35.3 Å². The molecule has 0 saturated heterocycles. The molecule has 19 heavy (non-hydrogen) atoms. The molecule has 0 fully saturated rings. The number of carbonyl (C=O) groups excluding carboxylic acids is 1. The standard InChI is InChI=1S/C14H18O5/c1-7(6-15)14(3)12-8(2)10(18-4)5-9(16)11(12)13(17)19-14/h5,7,15-16H,6H2,1-4H3/t7-,14-/m0/s1. The number of aliphatic hydroxyl groups is 1. The van der Waals surface area contributed by atoms with Gasteiger partial charge in [-0.1, -0.05) is 6.92 Å². The van der Waals surface area contributed by atoms with Gasteiger partial charge in [0.1, 0.15) is 22.7 Å². The van der Waals surface area contributed by atoms with Gasteiger partial charge in [-0.15, -0.1) is 0 Å². The van der Waals surface area contributed by atoms with Gasteiger partial charge in [-0.25, -0.2) is 4.79 Å². The minimum absolute atomic E-state index is 0.124. The van der Waals surface area contributed by atoms with Crippen LogP contribution in [0.5, 0.6) is 11.5 Å². The summed E-state index contributed by atoms with van der Waals surface area (Å²) in [6.45, 7) is 5.21. The van der Waals surface area contributed by atoms with Crippen LogP contribution in [-0.4, -0.2) is 29.9 Å². The lowest BCUT2D eigenvalue weighted by Crippen LogP contribution is -2.33. The minimum atomic E-state index is -0.961. The third-order valence-electron chi connectivity index (χ3n) is 3.96. The number of rotatable bonds is 3. The number of esters is 1. The lowest BCUT2D eigenvalue weighted by molar-refractivity contribution is -0.0401. The summed E-state index contributed by atoms with van der Waals surface area (Å²) in [6.07, 6.45) is 0. The molecule has 0 amide bonds. The summed E-state index contributed by atoms with van der Waals surface area (Å²) in [6, 6.07) is 1.41. The topological polar surface area (TPSA) is 76.0 Å². The molecule has 1 aromatic rings. The Labute approximate surface area is 111 Å². The highest BCUT2D eigenvalue weighted by Crippen LogP contribution is 2.48. The Hall–Kier alpha value is -1.75. The molecule has 5 heteroatoms. The highest BCUT2D eigenvalue weighted by Gasteiger charge is 2.48. The Morgan fingerprint density at radius 3 is 2.68 bits per heavy atom. The zero-order chi connectivity index (χ0) is 14.4. The number of methoxy groups -OCH3 is 1. The van der Waals surface area contributed by atoms with Crippen LogP contribution in [0.15, 0.2) is 6.07 Å². The normalized spacial score (nSPS) is 22.9. The van der Waals surface area contributed by atoms with E-state index in [1.54, 1.807) is 20.8 Å². The second-order valence-electron chi connectivity index (χ2n) is 5.05. The molecule has 2 rings (SSSR count). The van der Waals surface area contributed by atoms with E-state index in [1.165, 1.54) is 13.2 Å². The molecule has 0 bridgehead atoms. The number of aromatic hydroxyl groups is 1. The first-order chi connectivity index (χ1) is 8.86. The van der Waals surface area contributed by atoms with E-state index in [0.717, 1.165) is 5.56 Å². The van der Waals surface area contributed by atoms with Gasteiger partial charge in [-0.05, 0) is 19.4 Å². The van der Waals surface area contributed by atoms with Crippen LogP contribution in [-0.2, 0) is 10.3 Å². The van der Waals surface area contributed by atoms with Crippen LogP contribution in [0, 0.1) is 12.8 Å². The van der Waals surface area contributed by atoms with E-state index < -0.39 is 11.6 Å². The fourth-order valence-corrected chi connectivity index (χ4v) is 2.60. The number of hydrogen-bond acceptors (Lipinski definition) is 5. The first-order valence-corrected chi connectivity index (χ1v) is 6.12. The van der Waals surface area contributed by atoms with Gasteiger partial charge >= 0.3 is 5.97 Å². The van der Waals surface area contributed by atoms with E-state index in [1.807, 2.05) is 0 Å². The predicted molar refractivity (Wildman–Crippen MR) is 68.4 cm³/mol. The van der Waals surface area contributed by atoms with Gasteiger partial charge in [0.2, 0.25) is 0 Å². The van der Waals surface area contributed by atoms with Crippen LogP contribution in [0.3, 0.4) is 0 Å². The van der Waals surface area contributed by atoms with Gasteiger partial charge < -0.3 is 19.7 Å². The van der Waals surface area contributed by atoms with Gasteiger partial charge in [0, 0.05) is 24.2 Å². The molecule has 104 valence electrons. The van der Waals surface area contributed by atoms with E-state index in [4.69, 9.17) is 9.47 Å². The number of ether oxygens (including phenoxy) is 2. The third kappa shape index (κ3) is 1.76. The molecule has 1 aliphatic heterocycles. The number of hydrogen-bond donors (Lipinski definition) is 2. The van der Waals surface area contributed by atoms with Crippen molar-refractivity contribution < 1.29 is 24.5 Å². The second-order valence-corrected chi connectivity index (χ2v) is 5.05. The van der Waals surface area contributed by atoms with Gasteiger partial charge in [0.15, 0.2) is 0 Å². The number of benzene rings is 1. The summed E-state index contributed by atoms with van der Waals surface area (Å²) in [4.78, 5) is 12.0. The van der Waals surface area contributed by atoms with Crippen LogP contribution in [0.4, 0.5) is 0 Å². The predicted octanol–water partition coefficient (Wildman–Crippen LogP) is 1.72. The van der Waals surface area contributed by atoms with E-state index in [-0.39, 0.29) is 23.8 Å². The van der Waals surface area contributed by atoms with Gasteiger partial charge in [-0.3, -0.25) is 0 Å². The lowest BCUT2D eigenvalue weighted by Gasteiger charge is -2.31. The molecule has 0 aliphatic carbocycles. The van der Waals surface area contributed by atoms with Crippen LogP contribution in [0.2, 0.25) is 0 Å². The number of phenolic OH excluding ortho intramolecular Hbond substituents is 1. The molecule has 0 aromatic heterocycles. The maximum Gasteiger partial charge on any atom is 0.343 e. The summed E-state index contributed by atoms with van der Waals surface area (Å²) in [7, 11) is 1.50. The molecule has 0 spiro atoms. The Bertz CT molecular complexity index is 537. The van der Waals surface area contributed by atoms with Crippen LogP contribution in [0.25, 0.3) is 0 Å². The monoisotopic (exact) mass is 266 g/mol. The van der Waals surface area contributed by atoms with E-state index in [0.29, 0.717) is 11.3 Å². The van der Waals surface area contributed by atoms with Gasteiger partial charge in [-0.2, -0.15) is 0 Å². The largest absolute Gasteiger partial charge is 0.507 e. The Balaban J connectivity index is 2.75. The summed E-state index contributed by atoms with van der Waals surface area (Å²) in [5.74, 6) is -0.522. The maximum absolute atomic E-state index is 12.0. The van der Waals surface area contributed by atoms with Crippen molar-refractivity contribution in [2.24, 2.45) is 5.92 Å². The molecule has 1 heterocycles. The van der Waals surface area contributed by atoms with Gasteiger partial charge in [0.05, 0.1) is 7.11 Å². The Kier molecular flexibility index (Phi) is 3.18. The van der Waals surface area contributed by atoms with Crippen LogP contribution >= 0.6 is 0 Å². The third-order valence-corrected chi connectivity index (χ3v) is 3.96. The molecule has 0 saturated carbocycles. The van der Waals surface area contributed by atoms with Gasteiger partial charge in [0.25, 0.3) is 0 Å². The summed E-state index contributed by atoms with van der Waals surface area (Å²) in [5.41, 5.74) is 0.540. The van der Waals surface area contributed by atoms with E-state index in [2.05, 4.69) is 0 Å². The number of cyclic esters (lactones) is 1. The van der Waals surface area contributed by atoms with E-state index >= 15 is 0 Å². The first kappa shape index (κ1) is 13.7. The highest BCUT2D eigenvalue weighted by atomic mass is 16.6. The summed E-state index contributed by atoms with van der Waals surface area (Å²) >= 11 is 0. The number of carbonyl (C=O) groups is 1. The maximum atomic E-state index is 12.0. The van der Waals surface area contributed by atoms with E-state index in [9.17, 15) is 15.0 Å². The molecular formula is C14H18O5. The Morgan fingerprint density at radius 2 is 2.16 bits per heavy atom. The number of fused-ring (bicyclic) bond motifs is 1. The van der Waals surface area contributed by atoms with Crippen molar-refractivity contribution in [1.29, 1.82) is 0 Å². The van der Waals surface area contributed by atoms with Crippen molar-refractivity contribution in [3.05, 3.63) is 22.8 Å². The van der Waals surface area contributed by atoms with Crippen molar-refractivity contribution in [3.8, 4) is 11.5 Å². The number of phenols is 1. The van der Waals surface area contributed by atoms with Crippen molar-refractivity contribution in [1.82, 2.24) is 0 Å². The SMILES string of the molecule is COc1cc(O)c2c(c1C)[C@](C)([C@@H](C)CO)OC2=O. The van der Waals surface area contributed by atoms with Crippen molar-refractivity contribution in [2.75, 3.05) is 13.7 Å². The highest BCUT2D eigenvalue weighted by molar-refractivity contribution is 5.98. The molecule has 5 nitrogen and oxygen atoms in total. The smallest absolute Gasteiger partial charge is 0.343 e. The summed E-state index contributed by atoms with van der Waals surface area (Å²) in [5, 5.41) is 19.4. The zero-order valence-corrected chi connectivity index (χ0v) is 11.5. The molecule has 0 unspecified atom stereocenters. The fraction of sp³-hybridized carbons (Fsp3) is 0.500. The van der Waals surface area contributed by atoms with Crippen LogP contribution < -0.4 is 4.74 Å². The Morgan fingerprint density at radius 1 is 1.53 bits per heavy atom. The fourth-order valence-electron chi connectivity index (χ4n) is 2.60. The molecule has 1 aromatic carbocycles. The molecular weight excluding hydrogens is 248 g/mol. The minimum Gasteiger partial charge on any atom is -0.507 e. The summed E-state index contributed by atoms with van der Waals surface area (Å²) < 4.78 is 10.6. The molecule has 2 atom stereocenters. The quantitative estimate of drug-likeness (QED) is 0.815. The van der Waals surface area contributed by atoms with Crippen molar-refractivity contribution >= 4 is 5.97 Å². The average molecular weight is 266 g/mol. The van der Waals surface area contributed by atoms with Crippen molar-refractivity contribution in [3.63, 3.8) is 0 Å². The van der Waals surface area contributed by atoms with Crippen molar-refractivity contribution in [2.45, 2.75) is 26.4 Å². The molecule has 0 radical (unpaired) electrons. The second kappa shape index (κ2) is 4.42. The molecule has 1 aliphatic rings. The lowest BCUT2D eigenvalue weighted by atomic mass is 9.81. The molecule has 2 N–H and O–H groups in total. The average Bonchev–Trinajstić information content (AvgIpc) is 2.66. The number of aliphatic hydroxyl groups excluding tert-OH is 1. The zero-order valence-electron chi connectivity index (χ0n) is 11.5.